The van der Waals surface area contributed by atoms with E-state index in [0.29, 0.717) is 0 Å². The fraction of sp³-hybridized carbons (Fsp3) is 0.267. The summed E-state index contributed by atoms with van der Waals surface area (Å²) in [6.45, 7) is 3.88. The first-order valence-corrected chi connectivity index (χ1v) is 7.60. The lowest BCUT2D eigenvalue weighted by Gasteiger charge is -2.27. The molecule has 4 nitrogen and oxygen atoms in total. The van der Waals surface area contributed by atoms with Crippen molar-refractivity contribution in [2.45, 2.75) is 19.6 Å². The second-order valence-electron chi connectivity index (χ2n) is 5.03. The van der Waals surface area contributed by atoms with Crippen LogP contribution in [0.1, 0.15) is 11.4 Å². The number of imidazole rings is 1. The molecule has 102 valence electrons. The molecule has 0 atom stereocenters. The summed E-state index contributed by atoms with van der Waals surface area (Å²) < 4.78 is 7.48. The number of hydrogen-bond acceptors (Lipinski definition) is 4. The van der Waals surface area contributed by atoms with E-state index in [4.69, 9.17) is 4.42 Å². The molecule has 3 aromatic heterocycles. The highest BCUT2D eigenvalue weighted by Crippen LogP contribution is 2.27. The monoisotopic (exact) mass is 285 g/mol. The third-order valence-corrected chi connectivity index (χ3v) is 4.60. The molecule has 0 N–H and O–H groups in total. The molecule has 0 saturated heterocycles. The van der Waals surface area contributed by atoms with Gasteiger partial charge in [-0.1, -0.05) is 6.07 Å². The van der Waals surface area contributed by atoms with Crippen LogP contribution in [0.15, 0.2) is 46.7 Å². The molecule has 0 spiro atoms. The predicted octanol–water partition coefficient (Wildman–Crippen LogP) is 3.22. The van der Waals surface area contributed by atoms with Gasteiger partial charge >= 0.3 is 0 Å². The minimum Gasteiger partial charge on any atom is -0.472 e. The van der Waals surface area contributed by atoms with E-state index in [1.54, 1.807) is 17.6 Å². The van der Waals surface area contributed by atoms with E-state index in [2.05, 4.69) is 32.0 Å². The summed E-state index contributed by atoms with van der Waals surface area (Å²) in [7, 11) is 0. The molecule has 0 unspecified atom stereocenters. The standard InChI is InChI=1S/C15H15N3OS/c1-2-14(20-7-1)13-8-16-15-10-17(4-5-18(13)15)9-12-3-6-19-11-12/h1-3,6-8,11H,4-5,9-10H2. The maximum atomic E-state index is 5.13. The molecule has 0 amide bonds. The highest BCUT2D eigenvalue weighted by Gasteiger charge is 2.20. The first-order chi connectivity index (χ1) is 9.90. The number of hydrogen-bond donors (Lipinski definition) is 0. The lowest BCUT2D eigenvalue weighted by Crippen LogP contribution is -2.33. The smallest absolute Gasteiger partial charge is 0.123 e. The molecule has 0 bridgehead atoms. The van der Waals surface area contributed by atoms with Crippen LogP contribution in [0.5, 0.6) is 0 Å². The van der Waals surface area contributed by atoms with E-state index in [1.807, 2.05) is 18.5 Å². The van der Waals surface area contributed by atoms with Gasteiger partial charge in [0, 0.05) is 25.2 Å². The summed E-state index contributed by atoms with van der Waals surface area (Å²) in [5.74, 6) is 1.16. The van der Waals surface area contributed by atoms with Gasteiger partial charge in [-0.2, -0.15) is 0 Å². The van der Waals surface area contributed by atoms with Gasteiger partial charge < -0.3 is 8.98 Å². The Labute approximate surface area is 121 Å². The molecule has 4 rings (SSSR count). The van der Waals surface area contributed by atoms with E-state index in [9.17, 15) is 0 Å². The second kappa shape index (κ2) is 4.92. The zero-order chi connectivity index (χ0) is 13.4. The SMILES string of the molecule is c1csc(-c2cnc3n2CCN(Cc2ccoc2)C3)c1. The van der Waals surface area contributed by atoms with Crippen molar-refractivity contribution >= 4 is 11.3 Å². The number of aromatic nitrogens is 2. The minimum absolute atomic E-state index is 0.899. The average molecular weight is 285 g/mol. The van der Waals surface area contributed by atoms with Crippen LogP contribution >= 0.6 is 11.3 Å². The van der Waals surface area contributed by atoms with Crippen molar-refractivity contribution in [2.75, 3.05) is 6.54 Å². The van der Waals surface area contributed by atoms with Crippen LogP contribution in [0.25, 0.3) is 10.6 Å². The predicted molar refractivity (Wildman–Crippen MR) is 78.4 cm³/mol. The highest BCUT2D eigenvalue weighted by molar-refractivity contribution is 7.13. The molecule has 1 aliphatic rings. The van der Waals surface area contributed by atoms with Crippen molar-refractivity contribution in [1.82, 2.24) is 14.5 Å². The molecule has 1 aliphatic heterocycles. The van der Waals surface area contributed by atoms with Gasteiger partial charge in [-0.3, -0.25) is 4.90 Å². The third kappa shape index (κ3) is 2.09. The lowest BCUT2D eigenvalue weighted by molar-refractivity contribution is 0.209. The van der Waals surface area contributed by atoms with Gasteiger partial charge in [0.1, 0.15) is 5.82 Å². The fourth-order valence-corrected chi connectivity index (χ4v) is 3.45. The third-order valence-electron chi connectivity index (χ3n) is 3.70. The topological polar surface area (TPSA) is 34.2 Å². The molecular formula is C15H15N3OS. The van der Waals surface area contributed by atoms with Crippen LogP contribution in [0.4, 0.5) is 0 Å². The molecule has 20 heavy (non-hydrogen) atoms. The number of thiophene rings is 1. The van der Waals surface area contributed by atoms with Crippen LogP contribution in [-0.4, -0.2) is 21.0 Å². The van der Waals surface area contributed by atoms with E-state index in [0.717, 1.165) is 32.0 Å². The van der Waals surface area contributed by atoms with Crippen LogP contribution < -0.4 is 0 Å². The van der Waals surface area contributed by atoms with Crippen LogP contribution in [0, 0.1) is 0 Å². The summed E-state index contributed by atoms with van der Waals surface area (Å²) in [5.41, 5.74) is 2.47. The Morgan fingerprint density at radius 3 is 3.10 bits per heavy atom. The first-order valence-electron chi connectivity index (χ1n) is 6.72. The molecule has 0 aliphatic carbocycles. The van der Waals surface area contributed by atoms with Gasteiger partial charge in [-0.25, -0.2) is 4.98 Å². The van der Waals surface area contributed by atoms with Gasteiger partial charge in [0.15, 0.2) is 0 Å². The summed E-state index contributed by atoms with van der Waals surface area (Å²) in [6, 6.07) is 6.28. The number of fused-ring (bicyclic) bond motifs is 1. The number of furan rings is 1. The van der Waals surface area contributed by atoms with Crippen molar-refractivity contribution in [1.29, 1.82) is 0 Å². The van der Waals surface area contributed by atoms with Crippen molar-refractivity contribution in [2.24, 2.45) is 0 Å². The van der Waals surface area contributed by atoms with Gasteiger partial charge in [0.05, 0.1) is 35.8 Å². The Balaban J connectivity index is 1.56. The Hall–Kier alpha value is -1.85. The normalized spacial score (nSPS) is 15.4. The van der Waals surface area contributed by atoms with E-state index < -0.39 is 0 Å². The van der Waals surface area contributed by atoms with Gasteiger partial charge in [-0.15, -0.1) is 11.3 Å². The molecule has 3 aromatic rings. The first kappa shape index (κ1) is 11.9. The Bertz CT molecular complexity index is 685. The summed E-state index contributed by atoms with van der Waals surface area (Å²) in [6.07, 6.45) is 5.55. The number of rotatable bonds is 3. The molecule has 0 saturated carbocycles. The van der Waals surface area contributed by atoms with Gasteiger partial charge in [0.2, 0.25) is 0 Å². The van der Waals surface area contributed by atoms with E-state index in [-0.39, 0.29) is 0 Å². The van der Waals surface area contributed by atoms with Crippen LogP contribution in [-0.2, 0) is 19.6 Å². The summed E-state index contributed by atoms with van der Waals surface area (Å²) in [5, 5.41) is 2.11. The highest BCUT2D eigenvalue weighted by atomic mass is 32.1. The van der Waals surface area contributed by atoms with Gasteiger partial charge in [-0.05, 0) is 17.5 Å². The Morgan fingerprint density at radius 2 is 2.30 bits per heavy atom. The second-order valence-corrected chi connectivity index (χ2v) is 5.98. The van der Waals surface area contributed by atoms with E-state index >= 15 is 0 Å². The largest absolute Gasteiger partial charge is 0.472 e. The van der Waals surface area contributed by atoms with E-state index in [1.165, 1.54) is 16.1 Å². The molecule has 5 heteroatoms. The van der Waals surface area contributed by atoms with Gasteiger partial charge in [0.25, 0.3) is 0 Å². The van der Waals surface area contributed by atoms with Crippen molar-refractivity contribution in [3.63, 3.8) is 0 Å². The Kier molecular flexibility index (Phi) is 2.94. The maximum Gasteiger partial charge on any atom is 0.123 e. The molecule has 0 aromatic carbocycles. The zero-order valence-electron chi connectivity index (χ0n) is 11.0. The summed E-state index contributed by atoms with van der Waals surface area (Å²) >= 11 is 1.77. The molecule has 0 fully saturated rings. The minimum atomic E-state index is 0.899. The fourth-order valence-electron chi connectivity index (χ4n) is 2.71. The summed E-state index contributed by atoms with van der Waals surface area (Å²) in [4.78, 5) is 8.30. The average Bonchev–Trinajstić information content (AvgIpc) is 3.19. The van der Waals surface area contributed by atoms with Crippen LogP contribution in [0.2, 0.25) is 0 Å². The quantitative estimate of drug-likeness (QED) is 0.741. The molecular weight excluding hydrogens is 270 g/mol. The number of nitrogens with zero attached hydrogens (tertiary/aromatic N) is 3. The maximum absolute atomic E-state index is 5.13. The zero-order valence-corrected chi connectivity index (χ0v) is 11.8. The van der Waals surface area contributed by atoms with Crippen molar-refractivity contribution in [3.8, 4) is 10.6 Å². The lowest BCUT2D eigenvalue weighted by atomic mass is 10.2. The molecule has 4 heterocycles. The van der Waals surface area contributed by atoms with Crippen molar-refractivity contribution in [3.05, 3.63) is 53.7 Å². The molecule has 0 radical (unpaired) electrons. The Morgan fingerprint density at radius 1 is 1.30 bits per heavy atom. The van der Waals surface area contributed by atoms with Crippen molar-refractivity contribution < 1.29 is 4.42 Å². The van der Waals surface area contributed by atoms with Crippen LogP contribution in [0.3, 0.4) is 0 Å².